The van der Waals surface area contributed by atoms with Crippen LogP contribution in [0.25, 0.3) is 0 Å². The molecule has 0 amide bonds. The summed E-state index contributed by atoms with van der Waals surface area (Å²) in [7, 11) is 2.08. The van der Waals surface area contributed by atoms with Crippen LogP contribution >= 0.6 is 11.3 Å². The summed E-state index contributed by atoms with van der Waals surface area (Å²) in [5.74, 6) is 0. The van der Waals surface area contributed by atoms with Crippen molar-refractivity contribution in [3.8, 4) is 0 Å². The van der Waals surface area contributed by atoms with E-state index < -0.39 is 0 Å². The Labute approximate surface area is 111 Å². The molecule has 0 atom stereocenters. The molecular formula is C14H17N3S. The van der Waals surface area contributed by atoms with Crippen molar-refractivity contribution in [1.82, 2.24) is 4.98 Å². The second kappa shape index (κ2) is 4.28. The summed E-state index contributed by atoms with van der Waals surface area (Å²) >= 11 is 1.74. The van der Waals surface area contributed by atoms with E-state index in [1.54, 1.807) is 11.3 Å². The average Bonchev–Trinajstić information content (AvgIpc) is 2.95. The molecule has 0 saturated carbocycles. The Morgan fingerprint density at radius 2 is 2.17 bits per heavy atom. The van der Waals surface area contributed by atoms with Crippen molar-refractivity contribution in [2.24, 2.45) is 0 Å². The molecular weight excluding hydrogens is 242 g/mol. The molecule has 2 heterocycles. The van der Waals surface area contributed by atoms with Crippen molar-refractivity contribution in [3.63, 3.8) is 0 Å². The Balaban J connectivity index is 1.94. The molecule has 0 unspecified atom stereocenters. The molecule has 3 rings (SSSR count). The normalized spacial score (nSPS) is 13.3. The van der Waals surface area contributed by atoms with Gasteiger partial charge in [-0.1, -0.05) is 6.07 Å². The average molecular weight is 259 g/mol. The number of nitrogens with one attached hydrogen (secondary N) is 1. The molecule has 3 nitrogen and oxygen atoms in total. The quantitative estimate of drug-likeness (QED) is 0.894. The molecule has 2 aromatic rings. The van der Waals surface area contributed by atoms with Gasteiger partial charge < -0.3 is 10.2 Å². The van der Waals surface area contributed by atoms with Crippen molar-refractivity contribution in [2.75, 3.05) is 23.8 Å². The first-order valence-electron chi connectivity index (χ1n) is 6.20. The fourth-order valence-electron chi connectivity index (χ4n) is 2.20. The van der Waals surface area contributed by atoms with E-state index in [1.165, 1.54) is 21.8 Å². The van der Waals surface area contributed by atoms with E-state index in [0.29, 0.717) is 0 Å². The Hall–Kier alpha value is -1.55. The molecule has 0 radical (unpaired) electrons. The number of aromatic nitrogens is 1. The maximum Gasteiger partial charge on any atom is 0.190 e. The third-order valence-electron chi connectivity index (χ3n) is 3.49. The minimum atomic E-state index is 1.05. The maximum atomic E-state index is 4.60. The monoisotopic (exact) mass is 259 g/mol. The van der Waals surface area contributed by atoms with Crippen LogP contribution in [0, 0.1) is 13.8 Å². The van der Waals surface area contributed by atoms with Crippen molar-refractivity contribution < 1.29 is 0 Å². The molecule has 94 valence electrons. The summed E-state index contributed by atoms with van der Waals surface area (Å²) in [4.78, 5) is 8.05. The molecule has 0 aliphatic carbocycles. The molecule has 1 aliphatic heterocycles. The summed E-state index contributed by atoms with van der Waals surface area (Å²) in [6.07, 6.45) is 1.13. The van der Waals surface area contributed by atoms with Gasteiger partial charge in [-0.3, -0.25) is 0 Å². The third-order valence-corrected chi connectivity index (χ3v) is 4.64. The van der Waals surface area contributed by atoms with E-state index in [2.05, 4.69) is 54.3 Å². The third kappa shape index (κ3) is 1.86. The van der Waals surface area contributed by atoms with Gasteiger partial charge in [0.1, 0.15) is 0 Å². The highest BCUT2D eigenvalue weighted by molar-refractivity contribution is 7.15. The van der Waals surface area contributed by atoms with E-state index in [4.69, 9.17) is 0 Å². The van der Waals surface area contributed by atoms with Crippen LogP contribution < -0.4 is 10.2 Å². The van der Waals surface area contributed by atoms with Crippen LogP contribution in [0.15, 0.2) is 18.2 Å². The van der Waals surface area contributed by atoms with Crippen molar-refractivity contribution in [2.45, 2.75) is 20.3 Å². The smallest absolute Gasteiger partial charge is 0.190 e. The first-order chi connectivity index (χ1) is 8.65. The minimum absolute atomic E-state index is 1.05. The van der Waals surface area contributed by atoms with E-state index in [-0.39, 0.29) is 0 Å². The summed E-state index contributed by atoms with van der Waals surface area (Å²) in [5.41, 5.74) is 5.00. The summed E-state index contributed by atoms with van der Waals surface area (Å²) in [6.45, 7) is 5.24. The van der Waals surface area contributed by atoms with Gasteiger partial charge in [0.2, 0.25) is 0 Å². The molecule has 0 bridgehead atoms. The fourth-order valence-corrected chi connectivity index (χ4v) is 3.09. The van der Waals surface area contributed by atoms with Crippen molar-refractivity contribution >= 4 is 27.8 Å². The molecule has 1 aromatic heterocycles. The molecule has 0 spiro atoms. The van der Waals surface area contributed by atoms with Gasteiger partial charge in [-0.2, -0.15) is 0 Å². The van der Waals surface area contributed by atoms with Gasteiger partial charge in [-0.15, -0.1) is 11.3 Å². The standard InChI is InChI=1S/C14H17N3S/c1-9-10(2)18-14(16-9)17(3)12-5-4-11-6-7-15-13(11)8-12/h4-5,8,15H,6-7H2,1-3H3. The van der Waals surface area contributed by atoms with Gasteiger partial charge in [0.05, 0.1) is 5.69 Å². The minimum Gasteiger partial charge on any atom is -0.384 e. The van der Waals surface area contributed by atoms with Crippen LogP contribution in [0.2, 0.25) is 0 Å². The lowest BCUT2D eigenvalue weighted by atomic mass is 10.1. The zero-order valence-electron chi connectivity index (χ0n) is 10.9. The van der Waals surface area contributed by atoms with Gasteiger partial charge in [-0.05, 0) is 38.0 Å². The van der Waals surface area contributed by atoms with E-state index >= 15 is 0 Å². The van der Waals surface area contributed by atoms with Gasteiger partial charge in [0.15, 0.2) is 5.13 Å². The molecule has 4 heteroatoms. The van der Waals surface area contributed by atoms with Crippen LogP contribution in [0.4, 0.5) is 16.5 Å². The Morgan fingerprint density at radius 3 is 2.89 bits per heavy atom. The number of anilines is 3. The van der Waals surface area contributed by atoms with E-state index in [9.17, 15) is 0 Å². The number of benzene rings is 1. The Bertz CT molecular complexity index is 569. The van der Waals surface area contributed by atoms with Gasteiger partial charge in [0.25, 0.3) is 0 Å². The lowest BCUT2D eigenvalue weighted by molar-refractivity contribution is 1.10. The van der Waals surface area contributed by atoms with Crippen molar-refractivity contribution in [3.05, 3.63) is 34.3 Å². The number of nitrogens with zero attached hydrogens (tertiary/aromatic N) is 2. The highest BCUT2D eigenvalue weighted by atomic mass is 32.1. The number of fused-ring (bicyclic) bond motifs is 1. The van der Waals surface area contributed by atoms with Crippen LogP contribution in [-0.2, 0) is 6.42 Å². The summed E-state index contributed by atoms with van der Waals surface area (Å²) in [6, 6.07) is 6.61. The van der Waals surface area contributed by atoms with E-state index in [1.807, 2.05) is 0 Å². The number of hydrogen-bond acceptors (Lipinski definition) is 4. The largest absolute Gasteiger partial charge is 0.384 e. The van der Waals surface area contributed by atoms with E-state index in [0.717, 1.165) is 23.8 Å². The first kappa shape index (κ1) is 11.5. The second-order valence-corrected chi connectivity index (χ2v) is 5.90. The molecule has 1 aliphatic rings. The predicted molar refractivity (Wildman–Crippen MR) is 78.3 cm³/mol. The number of aryl methyl sites for hydroxylation is 2. The topological polar surface area (TPSA) is 28.2 Å². The van der Waals surface area contributed by atoms with Crippen LogP contribution in [0.5, 0.6) is 0 Å². The first-order valence-corrected chi connectivity index (χ1v) is 7.01. The summed E-state index contributed by atoms with van der Waals surface area (Å²) in [5, 5.41) is 4.48. The van der Waals surface area contributed by atoms with Gasteiger partial charge in [0, 0.05) is 29.8 Å². The summed E-state index contributed by atoms with van der Waals surface area (Å²) < 4.78 is 0. The SMILES string of the molecule is Cc1nc(N(C)c2ccc3c(c2)NCC3)sc1C. The lowest BCUT2D eigenvalue weighted by Crippen LogP contribution is -2.09. The number of thiazole rings is 1. The zero-order valence-corrected chi connectivity index (χ0v) is 11.8. The number of rotatable bonds is 2. The van der Waals surface area contributed by atoms with Gasteiger partial charge >= 0.3 is 0 Å². The molecule has 0 saturated heterocycles. The lowest BCUT2D eigenvalue weighted by Gasteiger charge is -2.17. The molecule has 18 heavy (non-hydrogen) atoms. The highest BCUT2D eigenvalue weighted by Gasteiger charge is 2.14. The van der Waals surface area contributed by atoms with Crippen LogP contribution in [0.1, 0.15) is 16.1 Å². The zero-order chi connectivity index (χ0) is 12.7. The van der Waals surface area contributed by atoms with Crippen molar-refractivity contribution in [1.29, 1.82) is 0 Å². The molecule has 0 fully saturated rings. The maximum absolute atomic E-state index is 4.60. The van der Waals surface area contributed by atoms with Crippen LogP contribution in [0.3, 0.4) is 0 Å². The Morgan fingerprint density at radius 1 is 1.33 bits per heavy atom. The van der Waals surface area contributed by atoms with Crippen LogP contribution in [-0.4, -0.2) is 18.6 Å². The number of hydrogen-bond donors (Lipinski definition) is 1. The second-order valence-electron chi connectivity index (χ2n) is 4.72. The predicted octanol–water partition coefficient (Wildman–Crippen LogP) is 3.50. The van der Waals surface area contributed by atoms with Gasteiger partial charge in [-0.25, -0.2) is 4.98 Å². The highest BCUT2D eigenvalue weighted by Crippen LogP contribution is 2.33. The Kier molecular flexibility index (Phi) is 2.74. The molecule has 1 aromatic carbocycles. The fraction of sp³-hybridized carbons (Fsp3) is 0.357. The molecule has 1 N–H and O–H groups in total.